The van der Waals surface area contributed by atoms with Crippen LogP contribution in [-0.2, 0) is 16.0 Å². The number of halogens is 2. The first-order chi connectivity index (χ1) is 13.6. The fourth-order valence-electron chi connectivity index (χ4n) is 2.94. The molecule has 0 fully saturated rings. The Bertz CT molecular complexity index is 935. The summed E-state index contributed by atoms with van der Waals surface area (Å²) in [6, 6.07) is 16.5. The molecule has 0 saturated carbocycles. The Hall–Kier alpha value is -3.09. The van der Waals surface area contributed by atoms with E-state index >= 15 is 0 Å². The molecule has 1 heterocycles. The molecular formula is C21H21F2N3O2. The highest BCUT2D eigenvalue weighted by atomic mass is 19.3. The zero-order valence-electron chi connectivity index (χ0n) is 15.4. The summed E-state index contributed by atoms with van der Waals surface area (Å²) >= 11 is 0. The van der Waals surface area contributed by atoms with Gasteiger partial charge in [-0.25, -0.2) is 18.7 Å². The van der Waals surface area contributed by atoms with E-state index in [1.165, 1.54) is 0 Å². The van der Waals surface area contributed by atoms with Gasteiger partial charge >= 0.3 is 5.97 Å². The topological polar surface area (TPSA) is 64.1 Å². The van der Waals surface area contributed by atoms with E-state index in [9.17, 15) is 13.6 Å². The highest BCUT2D eigenvalue weighted by Crippen LogP contribution is 2.25. The third-order valence-electron chi connectivity index (χ3n) is 4.28. The lowest BCUT2D eigenvalue weighted by Crippen LogP contribution is -2.27. The summed E-state index contributed by atoms with van der Waals surface area (Å²) in [7, 11) is 0. The number of benzene rings is 2. The van der Waals surface area contributed by atoms with Crippen molar-refractivity contribution in [2.75, 3.05) is 18.5 Å². The lowest BCUT2D eigenvalue weighted by atomic mass is 9.99. The Kier molecular flexibility index (Phi) is 6.47. The molecule has 0 bridgehead atoms. The van der Waals surface area contributed by atoms with E-state index in [1.807, 2.05) is 30.3 Å². The fraction of sp³-hybridized carbons (Fsp3) is 0.286. The number of para-hydroxylation sites is 1. The van der Waals surface area contributed by atoms with Crippen molar-refractivity contribution in [2.24, 2.45) is 5.92 Å². The Morgan fingerprint density at radius 2 is 1.79 bits per heavy atom. The van der Waals surface area contributed by atoms with Crippen LogP contribution < -0.4 is 5.32 Å². The van der Waals surface area contributed by atoms with Crippen molar-refractivity contribution in [3.63, 3.8) is 0 Å². The Morgan fingerprint density at radius 3 is 2.50 bits per heavy atom. The molecule has 0 aliphatic rings. The fourth-order valence-corrected chi connectivity index (χ4v) is 2.94. The minimum Gasteiger partial charge on any atom is -0.466 e. The van der Waals surface area contributed by atoms with E-state index in [0.29, 0.717) is 17.3 Å². The number of alkyl halides is 2. The highest BCUT2D eigenvalue weighted by molar-refractivity contribution is 5.89. The van der Waals surface area contributed by atoms with E-state index in [2.05, 4.69) is 15.3 Å². The van der Waals surface area contributed by atoms with Crippen LogP contribution in [0.4, 0.5) is 14.6 Å². The molecule has 1 aromatic heterocycles. The molecule has 1 atom stereocenters. The number of rotatable bonds is 8. The van der Waals surface area contributed by atoms with Gasteiger partial charge in [-0.05, 0) is 31.0 Å². The number of carbonyl (C=O) groups excluding carboxylic acids is 1. The van der Waals surface area contributed by atoms with Crippen molar-refractivity contribution in [1.82, 2.24) is 9.97 Å². The SMILES string of the molecule is CCOC(=O)C(CNc1nc(C(F)F)nc2ccccc12)Cc1ccccc1. The average molecular weight is 385 g/mol. The van der Waals surface area contributed by atoms with Crippen LogP contribution in [0.2, 0.25) is 0 Å². The van der Waals surface area contributed by atoms with Gasteiger partial charge in [-0.1, -0.05) is 42.5 Å². The second-order valence-electron chi connectivity index (χ2n) is 6.27. The maximum atomic E-state index is 13.2. The first kappa shape index (κ1) is 19.7. The number of aromatic nitrogens is 2. The molecule has 0 spiro atoms. The smallest absolute Gasteiger partial charge is 0.311 e. The molecule has 3 rings (SSSR count). The van der Waals surface area contributed by atoms with Crippen molar-refractivity contribution < 1.29 is 18.3 Å². The van der Waals surface area contributed by atoms with Crippen molar-refractivity contribution in [2.45, 2.75) is 19.8 Å². The average Bonchev–Trinajstić information content (AvgIpc) is 2.71. The lowest BCUT2D eigenvalue weighted by Gasteiger charge is -2.18. The van der Waals surface area contributed by atoms with E-state index in [1.54, 1.807) is 31.2 Å². The van der Waals surface area contributed by atoms with Gasteiger partial charge in [0.15, 0.2) is 5.82 Å². The van der Waals surface area contributed by atoms with Crippen molar-refractivity contribution in [3.05, 3.63) is 66.0 Å². The zero-order valence-corrected chi connectivity index (χ0v) is 15.4. The van der Waals surface area contributed by atoms with E-state index < -0.39 is 18.2 Å². The van der Waals surface area contributed by atoms with Crippen molar-refractivity contribution >= 4 is 22.7 Å². The molecule has 2 aromatic carbocycles. The predicted molar refractivity (Wildman–Crippen MR) is 103 cm³/mol. The number of fused-ring (bicyclic) bond motifs is 1. The summed E-state index contributed by atoms with van der Waals surface area (Å²) in [5.41, 5.74) is 1.41. The molecular weight excluding hydrogens is 364 g/mol. The number of ether oxygens (including phenoxy) is 1. The molecule has 0 saturated heterocycles. The van der Waals surface area contributed by atoms with Crippen LogP contribution in [0.3, 0.4) is 0 Å². The minimum atomic E-state index is -2.78. The summed E-state index contributed by atoms with van der Waals surface area (Å²) in [6.07, 6.45) is -2.31. The maximum absolute atomic E-state index is 13.2. The molecule has 1 N–H and O–H groups in total. The molecule has 1 unspecified atom stereocenters. The van der Waals surface area contributed by atoms with Gasteiger partial charge in [-0.3, -0.25) is 4.79 Å². The molecule has 3 aromatic rings. The standard InChI is InChI=1S/C21H21F2N3O2/c1-2-28-21(27)15(12-14-8-4-3-5-9-14)13-24-19-16-10-6-7-11-17(16)25-20(26-19)18(22)23/h3-11,15,18H,2,12-13H2,1H3,(H,24,25,26). The van der Waals surface area contributed by atoms with Crippen molar-refractivity contribution in [3.8, 4) is 0 Å². The van der Waals surface area contributed by atoms with Gasteiger partial charge in [0.1, 0.15) is 5.82 Å². The van der Waals surface area contributed by atoms with Gasteiger partial charge in [-0.15, -0.1) is 0 Å². The quantitative estimate of drug-likeness (QED) is 0.582. The first-order valence-corrected chi connectivity index (χ1v) is 9.07. The molecule has 0 radical (unpaired) electrons. The third-order valence-corrected chi connectivity index (χ3v) is 4.28. The number of hydrogen-bond acceptors (Lipinski definition) is 5. The monoisotopic (exact) mass is 385 g/mol. The Labute approximate surface area is 161 Å². The molecule has 28 heavy (non-hydrogen) atoms. The molecule has 0 amide bonds. The number of nitrogens with one attached hydrogen (secondary N) is 1. The summed E-state index contributed by atoms with van der Waals surface area (Å²) in [5, 5.41) is 3.68. The van der Waals surface area contributed by atoms with E-state index in [0.717, 1.165) is 5.56 Å². The molecule has 146 valence electrons. The van der Waals surface area contributed by atoms with Gasteiger partial charge in [0.25, 0.3) is 6.43 Å². The predicted octanol–water partition coefficient (Wildman–Crippen LogP) is 4.40. The Morgan fingerprint density at radius 1 is 1.07 bits per heavy atom. The summed E-state index contributed by atoms with van der Waals surface area (Å²) < 4.78 is 31.5. The molecule has 7 heteroatoms. The van der Waals surface area contributed by atoms with Crippen LogP contribution in [0.15, 0.2) is 54.6 Å². The minimum absolute atomic E-state index is 0.206. The van der Waals surface area contributed by atoms with E-state index in [4.69, 9.17) is 4.74 Å². The second-order valence-corrected chi connectivity index (χ2v) is 6.27. The van der Waals surface area contributed by atoms with Crippen LogP contribution in [0.5, 0.6) is 0 Å². The number of carbonyl (C=O) groups is 1. The van der Waals surface area contributed by atoms with Crippen LogP contribution >= 0.6 is 0 Å². The van der Waals surface area contributed by atoms with Crippen LogP contribution in [0.1, 0.15) is 24.7 Å². The molecule has 0 aliphatic heterocycles. The van der Waals surface area contributed by atoms with Crippen molar-refractivity contribution in [1.29, 1.82) is 0 Å². The Balaban J connectivity index is 1.85. The zero-order chi connectivity index (χ0) is 19.9. The van der Waals surface area contributed by atoms with Gasteiger partial charge in [0.05, 0.1) is 18.0 Å². The first-order valence-electron chi connectivity index (χ1n) is 9.07. The van der Waals surface area contributed by atoms with Gasteiger partial charge in [0, 0.05) is 11.9 Å². The number of anilines is 1. The van der Waals surface area contributed by atoms with Gasteiger partial charge < -0.3 is 10.1 Å². The third kappa shape index (κ3) is 4.79. The second kappa shape index (κ2) is 9.21. The molecule has 5 nitrogen and oxygen atoms in total. The number of esters is 1. The van der Waals surface area contributed by atoms with Crippen LogP contribution in [0.25, 0.3) is 10.9 Å². The largest absolute Gasteiger partial charge is 0.466 e. The van der Waals surface area contributed by atoms with Gasteiger partial charge in [-0.2, -0.15) is 0 Å². The number of nitrogens with zero attached hydrogens (tertiary/aromatic N) is 2. The lowest BCUT2D eigenvalue weighted by molar-refractivity contribution is -0.147. The summed E-state index contributed by atoms with van der Waals surface area (Å²) in [4.78, 5) is 20.3. The van der Waals surface area contributed by atoms with Gasteiger partial charge in [0.2, 0.25) is 0 Å². The van der Waals surface area contributed by atoms with E-state index in [-0.39, 0.29) is 24.9 Å². The highest BCUT2D eigenvalue weighted by Gasteiger charge is 2.22. The summed E-state index contributed by atoms with van der Waals surface area (Å²) in [5.74, 6) is -1.09. The molecule has 0 aliphatic carbocycles. The normalized spacial score (nSPS) is 12.1. The van der Waals surface area contributed by atoms with Crippen LogP contribution in [0, 0.1) is 5.92 Å². The summed E-state index contributed by atoms with van der Waals surface area (Å²) in [6.45, 7) is 2.23. The number of hydrogen-bond donors (Lipinski definition) is 1. The maximum Gasteiger partial charge on any atom is 0.311 e. The van der Waals surface area contributed by atoms with Crippen LogP contribution in [-0.4, -0.2) is 29.1 Å².